The van der Waals surface area contributed by atoms with Crippen LogP contribution in [0.2, 0.25) is 0 Å². The third kappa shape index (κ3) is 4.13. The molecule has 0 aliphatic carbocycles. The molecule has 2 aliphatic heterocycles. The summed E-state index contributed by atoms with van der Waals surface area (Å²) in [6, 6.07) is 3.71. The number of aliphatic hydroxyl groups is 2. The molecule has 1 aromatic rings. The molecule has 3 heterocycles. The van der Waals surface area contributed by atoms with Gasteiger partial charge in [0.15, 0.2) is 6.23 Å². The summed E-state index contributed by atoms with van der Waals surface area (Å²) >= 11 is 0. The van der Waals surface area contributed by atoms with E-state index in [0.717, 1.165) is 5.69 Å². The molecule has 2 aliphatic rings. The van der Waals surface area contributed by atoms with Crippen LogP contribution in [0, 0.1) is 23.2 Å². The molecule has 1 unspecified atom stereocenters. The van der Waals surface area contributed by atoms with E-state index in [0.29, 0.717) is 31.5 Å². The lowest BCUT2D eigenvalue weighted by atomic mass is 9.81. The molecule has 0 bridgehead atoms. The molecular weight excluding hydrogens is 389 g/mol. The molecule has 11 heteroatoms. The van der Waals surface area contributed by atoms with E-state index in [1.54, 1.807) is 12.3 Å². The molecule has 0 amide bonds. The van der Waals surface area contributed by atoms with Crippen molar-refractivity contribution in [3.05, 3.63) is 35.3 Å². The Labute approximate surface area is 165 Å². The number of rotatable bonds is 2. The number of aliphatic hydroxyl groups excluding tert-OH is 2. The number of halogens is 3. The summed E-state index contributed by atoms with van der Waals surface area (Å²) < 4.78 is 40.7. The van der Waals surface area contributed by atoms with E-state index in [9.17, 15) is 23.4 Å². The third-order valence-corrected chi connectivity index (χ3v) is 5.32. The number of amidine groups is 1. The number of aromatic nitrogens is 1. The molecule has 1 fully saturated rings. The zero-order chi connectivity index (χ0) is 21.3. The first-order valence-electron chi connectivity index (χ1n) is 8.99. The van der Waals surface area contributed by atoms with Crippen molar-refractivity contribution < 1.29 is 23.4 Å². The molecule has 29 heavy (non-hydrogen) atoms. The van der Waals surface area contributed by atoms with E-state index in [1.165, 1.54) is 6.20 Å². The Balaban J connectivity index is 1.84. The normalized spacial score (nSPS) is 27.9. The lowest BCUT2D eigenvalue weighted by molar-refractivity contribution is -0.200. The van der Waals surface area contributed by atoms with Gasteiger partial charge in [0.2, 0.25) is 0 Å². The van der Waals surface area contributed by atoms with Gasteiger partial charge in [0, 0.05) is 36.5 Å². The van der Waals surface area contributed by atoms with Crippen LogP contribution in [-0.2, 0) is 0 Å². The molecule has 8 nitrogen and oxygen atoms in total. The maximum atomic E-state index is 13.6. The number of aliphatic imine (C=N–C) groups is 1. The number of nitrogens with two attached hydrogens (primary N) is 2. The van der Waals surface area contributed by atoms with E-state index in [-0.39, 0.29) is 5.70 Å². The molecule has 1 aromatic heterocycles. The lowest BCUT2D eigenvalue weighted by Crippen LogP contribution is -2.50. The Morgan fingerprint density at radius 1 is 1.24 bits per heavy atom. The Hall–Kier alpha value is -2.84. The number of allylic oxidation sites excluding steroid dienone is 1. The molecule has 0 saturated carbocycles. The van der Waals surface area contributed by atoms with Gasteiger partial charge in [0.05, 0.1) is 17.4 Å². The molecule has 0 spiro atoms. The number of nitriles is 1. The summed E-state index contributed by atoms with van der Waals surface area (Å²) in [5.74, 6) is -3.30. The van der Waals surface area contributed by atoms with Crippen LogP contribution in [0.25, 0.3) is 0 Å². The Kier molecular flexibility index (Phi) is 5.68. The van der Waals surface area contributed by atoms with Crippen LogP contribution >= 0.6 is 0 Å². The molecule has 3 rings (SSSR count). The van der Waals surface area contributed by atoms with Gasteiger partial charge in [-0.15, -0.1) is 0 Å². The maximum Gasteiger partial charge on any atom is 0.398 e. The second kappa shape index (κ2) is 7.88. The van der Waals surface area contributed by atoms with Crippen molar-refractivity contribution >= 4 is 11.5 Å². The van der Waals surface area contributed by atoms with Crippen LogP contribution in [0.5, 0.6) is 0 Å². The fourth-order valence-corrected chi connectivity index (χ4v) is 3.81. The summed E-state index contributed by atoms with van der Waals surface area (Å²) in [5, 5.41) is 28.5. The first-order valence-corrected chi connectivity index (χ1v) is 8.99. The summed E-state index contributed by atoms with van der Waals surface area (Å²) in [4.78, 5) is 9.51. The van der Waals surface area contributed by atoms with Gasteiger partial charge in [-0.25, -0.2) is 4.99 Å². The minimum Gasteiger partial charge on any atom is -0.401 e. The summed E-state index contributed by atoms with van der Waals surface area (Å²) in [6.45, 7) is 0.988. The second-order valence-corrected chi connectivity index (χ2v) is 7.11. The average molecular weight is 410 g/mol. The predicted molar refractivity (Wildman–Crippen MR) is 98.3 cm³/mol. The van der Waals surface area contributed by atoms with Gasteiger partial charge in [0.25, 0.3) is 0 Å². The van der Waals surface area contributed by atoms with Crippen molar-refractivity contribution in [1.29, 1.82) is 5.26 Å². The highest BCUT2D eigenvalue weighted by Gasteiger charge is 2.53. The first kappa shape index (κ1) is 20.9. The Bertz CT molecular complexity index is 871. The van der Waals surface area contributed by atoms with Crippen molar-refractivity contribution in [2.45, 2.75) is 31.3 Å². The van der Waals surface area contributed by atoms with Crippen LogP contribution in [0.1, 0.15) is 18.4 Å². The van der Waals surface area contributed by atoms with Gasteiger partial charge in [-0.2, -0.15) is 18.4 Å². The molecular formula is C18H21F3N6O2. The Morgan fingerprint density at radius 2 is 1.90 bits per heavy atom. The fourth-order valence-electron chi connectivity index (χ4n) is 3.81. The summed E-state index contributed by atoms with van der Waals surface area (Å²) in [7, 11) is 0. The standard InChI is InChI=1S/C18H21F3N6O2/c19-18(20,21)13-12(16(24)26-17(29)15(13)28)14(23)10-1-3-27(4-2-10)11-5-9(6-22)7-25-8-11/h5,7-8,10,13,15,17,28-29H,1-4,23H2,(H2,24,26)/t13-,15-,17?/m1/s1. The van der Waals surface area contributed by atoms with Crippen LogP contribution in [-0.4, -0.2) is 52.6 Å². The van der Waals surface area contributed by atoms with Crippen LogP contribution < -0.4 is 16.4 Å². The van der Waals surface area contributed by atoms with E-state index in [2.05, 4.69) is 9.98 Å². The number of alkyl halides is 3. The van der Waals surface area contributed by atoms with Gasteiger partial charge < -0.3 is 26.6 Å². The maximum absolute atomic E-state index is 13.6. The van der Waals surface area contributed by atoms with Crippen molar-refractivity contribution in [3.8, 4) is 6.07 Å². The molecule has 156 valence electrons. The van der Waals surface area contributed by atoms with Crippen LogP contribution in [0.3, 0.4) is 0 Å². The van der Waals surface area contributed by atoms with Gasteiger partial charge in [-0.05, 0) is 18.9 Å². The van der Waals surface area contributed by atoms with Crippen molar-refractivity contribution in [1.82, 2.24) is 4.98 Å². The molecule has 0 aromatic carbocycles. The molecule has 0 radical (unpaired) electrons. The van der Waals surface area contributed by atoms with E-state index < -0.39 is 41.8 Å². The number of anilines is 1. The number of hydrogen-bond acceptors (Lipinski definition) is 8. The van der Waals surface area contributed by atoms with Crippen LogP contribution in [0.15, 0.2) is 34.7 Å². The summed E-state index contributed by atoms with van der Waals surface area (Å²) in [6.07, 6.45) is -5.01. The Morgan fingerprint density at radius 3 is 2.48 bits per heavy atom. The predicted octanol–water partition coefficient (Wildman–Crippen LogP) is 0.611. The second-order valence-electron chi connectivity index (χ2n) is 7.11. The zero-order valence-corrected chi connectivity index (χ0v) is 15.3. The quantitative estimate of drug-likeness (QED) is 0.559. The summed E-state index contributed by atoms with van der Waals surface area (Å²) in [5.41, 5.74) is 12.4. The smallest absolute Gasteiger partial charge is 0.398 e. The largest absolute Gasteiger partial charge is 0.401 e. The highest BCUT2D eigenvalue weighted by atomic mass is 19.4. The highest BCUT2D eigenvalue weighted by molar-refractivity contribution is 5.99. The van der Waals surface area contributed by atoms with Gasteiger partial charge in [0.1, 0.15) is 23.9 Å². The monoisotopic (exact) mass is 410 g/mol. The van der Waals surface area contributed by atoms with Gasteiger partial charge in [-0.1, -0.05) is 0 Å². The number of pyridine rings is 1. The number of nitrogens with zero attached hydrogens (tertiary/aromatic N) is 4. The number of hydrogen-bond donors (Lipinski definition) is 4. The van der Waals surface area contributed by atoms with Crippen molar-refractivity contribution in [3.63, 3.8) is 0 Å². The van der Waals surface area contributed by atoms with Crippen molar-refractivity contribution in [2.24, 2.45) is 28.3 Å². The van der Waals surface area contributed by atoms with Gasteiger partial charge >= 0.3 is 6.18 Å². The minimum atomic E-state index is -4.84. The lowest BCUT2D eigenvalue weighted by Gasteiger charge is -2.37. The van der Waals surface area contributed by atoms with Crippen molar-refractivity contribution in [2.75, 3.05) is 18.0 Å². The van der Waals surface area contributed by atoms with E-state index in [4.69, 9.17) is 16.7 Å². The average Bonchev–Trinajstić information content (AvgIpc) is 2.69. The molecule has 1 saturated heterocycles. The van der Waals surface area contributed by atoms with E-state index >= 15 is 0 Å². The molecule has 6 N–H and O–H groups in total. The zero-order valence-electron chi connectivity index (χ0n) is 15.3. The topological polar surface area (TPSA) is 145 Å². The third-order valence-electron chi connectivity index (χ3n) is 5.32. The van der Waals surface area contributed by atoms with Crippen LogP contribution in [0.4, 0.5) is 18.9 Å². The van der Waals surface area contributed by atoms with E-state index in [1.807, 2.05) is 11.0 Å². The fraction of sp³-hybridized carbons (Fsp3) is 0.500. The van der Waals surface area contributed by atoms with Gasteiger partial charge in [-0.3, -0.25) is 4.98 Å². The minimum absolute atomic E-state index is 0.0666. The highest BCUT2D eigenvalue weighted by Crippen LogP contribution is 2.41. The number of piperidine rings is 1. The first-order chi connectivity index (χ1) is 13.6. The molecule has 3 atom stereocenters. The SMILES string of the molecule is N#Cc1cncc(N2CCC(C(N)=C3C(N)=NC(O)[C@H](O)[C@@H]3C(F)(F)F)CC2)c1.